The van der Waals surface area contributed by atoms with Gasteiger partial charge in [0.15, 0.2) is 5.17 Å². The highest BCUT2D eigenvalue weighted by molar-refractivity contribution is 8.13. The Morgan fingerprint density at radius 3 is 3.06 bits per heavy atom. The molecule has 1 aliphatic carbocycles. The third kappa shape index (κ3) is 3.14. The van der Waals surface area contributed by atoms with E-state index in [1.54, 1.807) is 0 Å². The van der Waals surface area contributed by atoms with E-state index in [1.165, 1.54) is 55.2 Å². The predicted molar refractivity (Wildman–Crippen MR) is 79.1 cm³/mol. The second-order valence-electron chi connectivity index (χ2n) is 5.39. The molecule has 0 aromatic rings. The first-order valence-corrected chi connectivity index (χ1v) is 9.00. The molecule has 2 saturated heterocycles. The van der Waals surface area contributed by atoms with Crippen LogP contribution in [0, 0.1) is 5.92 Å². The lowest BCUT2D eigenvalue weighted by Gasteiger charge is -2.28. The van der Waals surface area contributed by atoms with Crippen molar-refractivity contribution in [2.45, 2.75) is 49.8 Å². The molecule has 3 atom stereocenters. The zero-order valence-corrected chi connectivity index (χ0v) is 12.0. The van der Waals surface area contributed by atoms with Crippen LogP contribution in [0.5, 0.6) is 0 Å². The van der Waals surface area contributed by atoms with Crippen LogP contribution in [0.15, 0.2) is 4.99 Å². The molecule has 2 nitrogen and oxygen atoms in total. The fourth-order valence-electron chi connectivity index (χ4n) is 3.04. The molecule has 2 heterocycles. The van der Waals surface area contributed by atoms with Crippen LogP contribution in [0.1, 0.15) is 38.5 Å². The summed E-state index contributed by atoms with van der Waals surface area (Å²) in [5.41, 5.74) is 0. The highest BCUT2D eigenvalue weighted by atomic mass is 32.2. The van der Waals surface area contributed by atoms with Crippen molar-refractivity contribution in [3.63, 3.8) is 0 Å². The van der Waals surface area contributed by atoms with Gasteiger partial charge in [-0.15, -0.1) is 0 Å². The van der Waals surface area contributed by atoms with Crippen molar-refractivity contribution in [1.82, 2.24) is 5.32 Å². The molecule has 0 amide bonds. The molecule has 0 radical (unpaired) electrons. The molecule has 4 heteroatoms. The van der Waals surface area contributed by atoms with Gasteiger partial charge in [-0.2, -0.15) is 11.8 Å². The van der Waals surface area contributed by atoms with Gasteiger partial charge in [0.05, 0.1) is 6.54 Å². The van der Waals surface area contributed by atoms with E-state index in [1.807, 2.05) is 11.8 Å². The summed E-state index contributed by atoms with van der Waals surface area (Å²) < 4.78 is 0. The number of rotatable bonds is 2. The maximum atomic E-state index is 4.81. The molecule has 0 aromatic carbocycles. The van der Waals surface area contributed by atoms with Gasteiger partial charge in [-0.1, -0.05) is 24.6 Å². The minimum Gasteiger partial charge on any atom is -0.362 e. The second-order valence-corrected chi connectivity index (χ2v) is 7.80. The molecule has 1 saturated carbocycles. The Hall–Kier alpha value is 0.170. The van der Waals surface area contributed by atoms with Crippen molar-refractivity contribution in [2.75, 3.05) is 18.1 Å². The van der Waals surface area contributed by atoms with Crippen LogP contribution in [0.25, 0.3) is 0 Å². The standard InChI is InChI=1S/C13H22N2S2/c1-2-7-16-11(5-1)8-14-13-15-12-6-3-4-10(12)9-17-13/h10-12H,1-9H2,(H,14,15). The smallest absolute Gasteiger partial charge is 0.156 e. The number of thioether (sulfide) groups is 2. The highest BCUT2D eigenvalue weighted by Crippen LogP contribution is 2.33. The summed E-state index contributed by atoms with van der Waals surface area (Å²) in [6, 6.07) is 0.744. The molecular formula is C13H22N2S2. The number of hydrogen-bond acceptors (Lipinski definition) is 3. The van der Waals surface area contributed by atoms with Crippen LogP contribution in [-0.2, 0) is 0 Å². The Bertz CT molecular complexity index is 287. The average Bonchev–Trinajstić information content (AvgIpc) is 2.85. The minimum absolute atomic E-state index is 0.744. The van der Waals surface area contributed by atoms with Gasteiger partial charge in [0.1, 0.15) is 0 Å². The average molecular weight is 270 g/mol. The number of nitrogens with zero attached hydrogens (tertiary/aromatic N) is 1. The third-order valence-electron chi connectivity index (χ3n) is 4.11. The van der Waals surface area contributed by atoms with E-state index in [4.69, 9.17) is 4.99 Å². The monoisotopic (exact) mass is 270 g/mol. The van der Waals surface area contributed by atoms with Gasteiger partial charge in [-0.25, -0.2) is 0 Å². The van der Waals surface area contributed by atoms with Gasteiger partial charge in [0.2, 0.25) is 0 Å². The fourth-order valence-corrected chi connectivity index (χ4v) is 5.43. The molecule has 1 N–H and O–H groups in total. The zero-order valence-electron chi connectivity index (χ0n) is 10.4. The summed E-state index contributed by atoms with van der Waals surface area (Å²) in [6.07, 6.45) is 8.40. The Morgan fingerprint density at radius 2 is 2.18 bits per heavy atom. The predicted octanol–water partition coefficient (Wildman–Crippen LogP) is 3.13. The molecule has 0 bridgehead atoms. The van der Waals surface area contributed by atoms with Gasteiger partial charge in [0, 0.05) is 17.0 Å². The summed E-state index contributed by atoms with van der Waals surface area (Å²) in [6.45, 7) is 1.04. The van der Waals surface area contributed by atoms with E-state index < -0.39 is 0 Å². The molecular weight excluding hydrogens is 248 g/mol. The lowest BCUT2D eigenvalue weighted by Crippen LogP contribution is -2.41. The second kappa shape index (κ2) is 5.87. The van der Waals surface area contributed by atoms with Crippen molar-refractivity contribution < 1.29 is 0 Å². The fraction of sp³-hybridized carbons (Fsp3) is 0.923. The van der Waals surface area contributed by atoms with E-state index in [0.29, 0.717) is 0 Å². The highest BCUT2D eigenvalue weighted by Gasteiger charge is 2.32. The zero-order chi connectivity index (χ0) is 11.5. The summed E-state index contributed by atoms with van der Waals surface area (Å²) in [7, 11) is 0. The summed E-state index contributed by atoms with van der Waals surface area (Å²) in [4.78, 5) is 4.81. The van der Waals surface area contributed by atoms with Crippen molar-refractivity contribution in [2.24, 2.45) is 10.9 Å². The first kappa shape index (κ1) is 12.2. The molecule has 0 spiro atoms. The number of hydrogen-bond donors (Lipinski definition) is 1. The van der Waals surface area contributed by atoms with Gasteiger partial charge >= 0.3 is 0 Å². The van der Waals surface area contributed by atoms with Crippen LogP contribution in [-0.4, -0.2) is 34.5 Å². The van der Waals surface area contributed by atoms with Crippen LogP contribution >= 0.6 is 23.5 Å². The maximum Gasteiger partial charge on any atom is 0.156 e. The molecule has 2 aliphatic heterocycles. The Kier molecular flexibility index (Phi) is 4.22. The van der Waals surface area contributed by atoms with E-state index >= 15 is 0 Å². The third-order valence-corrected chi connectivity index (χ3v) is 6.61. The Balaban J connectivity index is 1.50. The van der Waals surface area contributed by atoms with E-state index in [-0.39, 0.29) is 0 Å². The quantitative estimate of drug-likeness (QED) is 0.834. The lowest BCUT2D eigenvalue weighted by atomic mass is 10.1. The summed E-state index contributed by atoms with van der Waals surface area (Å²) >= 11 is 4.08. The number of fused-ring (bicyclic) bond motifs is 1. The van der Waals surface area contributed by atoms with Crippen molar-refractivity contribution in [1.29, 1.82) is 0 Å². The van der Waals surface area contributed by atoms with Crippen LogP contribution in [0.3, 0.4) is 0 Å². The van der Waals surface area contributed by atoms with E-state index in [2.05, 4.69) is 17.1 Å². The van der Waals surface area contributed by atoms with Crippen LogP contribution in [0.2, 0.25) is 0 Å². The molecule has 96 valence electrons. The Labute approximate surface area is 113 Å². The maximum absolute atomic E-state index is 4.81. The molecule has 3 unspecified atom stereocenters. The van der Waals surface area contributed by atoms with Gasteiger partial charge in [-0.3, -0.25) is 4.99 Å². The Morgan fingerprint density at radius 1 is 1.18 bits per heavy atom. The van der Waals surface area contributed by atoms with E-state index in [0.717, 1.165) is 23.8 Å². The van der Waals surface area contributed by atoms with Crippen LogP contribution in [0.4, 0.5) is 0 Å². The van der Waals surface area contributed by atoms with Crippen molar-refractivity contribution in [3.8, 4) is 0 Å². The van der Waals surface area contributed by atoms with Crippen molar-refractivity contribution >= 4 is 28.7 Å². The number of amidine groups is 1. The number of nitrogens with one attached hydrogen (secondary N) is 1. The van der Waals surface area contributed by atoms with E-state index in [9.17, 15) is 0 Å². The molecule has 17 heavy (non-hydrogen) atoms. The van der Waals surface area contributed by atoms with Crippen LogP contribution < -0.4 is 5.32 Å². The largest absolute Gasteiger partial charge is 0.362 e. The number of aliphatic imine (C=N–C) groups is 1. The molecule has 3 rings (SSSR count). The first-order chi connectivity index (χ1) is 8.42. The molecule has 0 aromatic heterocycles. The summed E-state index contributed by atoms with van der Waals surface area (Å²) in [5, 5.41) is 5.69. The molecule has 3 fully saturated rings. The first-order valence-electron chi connectivity index (χ1n) is 6.97. The van der Waals surface area contributed by atoms with Crippen molar-refractivity contribution in [3.05, 3.63) is 0 Å². The van der Waals surface area contributed by atoms with Gasteiger partial charge < -0.3 is 5.32 Å². The normalized spacial score (nSPS) is 40.0. The molecule has 3 aliphatic rings. The SMILES string of the molecule is C1CCC(CN=C2NC3CCCC3CS2)SC1. The minimum atomic E-state index is 0.744. The topological polar surface area (TPSA) is 24.4 Å². The summed E-state index contributed by atoms with van der Waals surface area (Å²) in [5.74, 6) is 3.57. The van der Waals surface area contributed by atoms with Gasteiger partial charge in [0.25, 0.3) is 0 Å². The van der Waals surface area contributed by atoms with Gasteiger partial charge in [-0.05, 0) is 37.4 Å². The lowest BCUT2D eigenvalue weighted by molar-refractivity contribution is 0.489.